The lowest BCUT2D eigenvalue weighted by atomic mass is 10.1. The summed E-state index contributed by atoms with van der Waals surface area (Å²) in [7, 11) is 0. The zero-order chi connectivity index (χ0) is 21.4. The smallest absolute Gasteiger partial charge is 0.268 e. The number of aryl methyl sites for hydroxylation is 3. The fourth-order valence-electron chi connectivity index (χ4n) is 3.50. The topological polar surface area (TPSA) is 71.5 Å². The number of benzene rings is 2. The van der Waals surface area contributed by atoms with Gasteiger partial charge in [-0.2, -0.15) is 0 Å². The maximum Gasteiger partial charge on any atom is 0.268 e. The predicted molar refractivity (Wildman–Crippen MR) is 119 cm³/mol. The highest BCUT2D eigenvalue weighted by Gasteiger charge is 2.33. The van der Waals surface area contributed by atoms with Gasteiger partial charge in [-0.3, -0.25) is 14.5 Å². The second kappa shape index (κ2) is 7.91. The third-order valence-electron chi connectivity index (χ3n) is 4.98. The second-order valence-electron chi connectivity index (χ2n) is 7.42. The summed E-state index contributed by atoms with van der Waals surface area (Å²) in [5.41, 5.74) is 4.17. The van der Waals surface area contributed by atoms with Gasteiger partial charge in [0.05, 0.1) is 16.4 Å². The average molecular weight is 422 g/mol. The Labute approximate surface area is 179 Å². The summed E-state index contributed by atoms with van der Waals surface area (Å²) >= 11 is 1.63. The minimum Gasteiger partial charge on any atom is -0.479 e. The van der Waals surface area contributed by atoms with E-state index >= 15 is 0 Å². The maximum absolute atomic E-state index is 12.8. The van der Waals surface area contributed by atoms with E-state index < -0.39 is 6.10 Å². The Hall–Kier alpha value is -3.19. The lowest BCUT2D eigenvalue weighted by Crippen LogP contribution is -2.47. The molecule has 2 heterocycles. The number of ether oxygens (including phenoxy) is 1. The first-order chi connectivity index (χ1) is 14.3. The van der Waals surface area contributed by atoms with Gasteiger partial charge in [-0.25, -0.2) is 4.98 Å². The number of nitrogens with zero attached hydrogens (tertiary/aromatic N) is 2. The van der Waals surface area contributed by atoms with Crippen LogP contribution in [0.5, 0.6) is 5.75 Å². The molecule has 154 valence electrons. The van der Waals surface area contributed by atoms with Crippen LogP contribution in [0.2, 0.25) is 0 Å². The van der Waals surface area contributed by atoms with Gasteiger partial charge in [0.2, 0.25) is 5.91 Å². The molecule has 0 saturated carbocycles. The van der Waals surface area contributed by atoms with Crippen LogP contribution in [0.3, 0.4) is 0 Å². The molecule has 0 saturated heterocycles. The van der Waals surface area contributed by atoms with Gasteiger partial charge in [-0.15, -0.1) is 11.3 Å². The van der Waals surface area contributed by atoms with Crippen molar-refractivity contribution in [3.05, 3.63) is 57.9 Å². The number of amides is 2. The predicted octanol–water partition coefficient (Wildman–Crippen LogP) is 4.49. The minimum atomic E-state index is -0.654. The fourth-order valence-corrected chi connectivity index (χ4v) is 4.34. The van der Waals surface area contributed by atoms with Gasteiger partial charge in [0.25, 0.3) is 5.91 Å². The summed E-state index contributed by atoms with van der Waals surface area (Å²) in [5, 5.41) is 3.84. The van der Waals surface area contributed by atoms with Crippen LogP contribution in [0.15, 0.2) is 42.5 Å². The van der Waals surface area contributed by atoms with Crippen molar-refractivity contribution in [2.75, 3.05) is 16.8 Å². The molecule has 4 rings (SSSR count). The van der Waals surface area contributed by atoms with Crippen LogP contribution in [0.1, 0.15) is 22.4 Å². The summed E-state index contributed by atoms with van der Waals surface area (Å²) in [6.07, 6.45) is -0.654. The molecule has 0 spiro atoms. The average Bonchev–Trinajstić information content (AvgIpc) is 3.05. The van der Waals surface area contributed by atoms with E-state index in [-0.39, 0.29) is 18.4 Å². The quantitative estimate of drug-likeness (QED) is 0.674. The molecule has 1 N–H and O–H groups in total. The number of carbonyl (C=O) groups excluding carboxylic acids is 2. The molecule has 1 aliphatic heterocycles. The second-order valence-corrected chi connectivity index (χ2v) is 8.83. The Bertz CT molecular complexity index is 1120. The van der Waals surface area contributed by atoms with E-state index in [0.717, 1.165) is 26.7 Å². The molecule has 0 radical (unpaired) electrons. The fraction of sp³-hybridized carbons (Fsp3) is 0.261. The Balaban J connectivity index is 1.64. The van der Waals surface area contributed by atoms with Gasteiger partial charge >= 0.3 is 0 Å². The Morgan fingerprint density at radius 3 is 2.57 bits per heavy atom. The molecule has 0 bridgehead atoms. The molecule has 1 unspecified atom stereocenters. The van der Waals surface area contributed by atoms with Crippen LogP contribution in [0, 0.1) is 20.8 Å². The van der Waals surface area contributed by atoms with E-state index in [4.69, 9.17) is 4.74 Å². The molecule has 6 nitrogen and oxygen atoms in total. The van der Waals surface area contributed by atoms with Crippen molar-refractivity contribution >= 4 is 34.5 Å². The molecule has 2 amide bonds. The van der Waals surface area contributed by atoms with E-state index in [1.165, 1.54) is 4.90 Å². The molecular formula is C23H23N3O3S. The maximum atomic E-state index is 12.8. The largest absolute Gasteiger partial charge is 0.479 e. The van der Waals surface area contributed by atoms with Crippen LogP contribution in [-0.2, 0) is 9.59 Å². The number of nitrogens with one attached hydrogen (secondary N) is 1. The number of hydrogen-bond donors (Lipinski definition) is 1. The first kappa shape index (κ1) is 20.1. The molecule has 1 atom stereocenters. The van der Waals surface area contributed by atoms with E-state index in [1.54, 1.807) is 18.3 Å². The van der Waals surface area contributed by atoms with Gasteiger partial charge in [0.15, 0.2) is 6.10 Å². The van der Waals surface area contributed by atoms with Crippen LogP contribution in [0.4, 0.5) is 11.4 Å². The SMILES string of the molecule is Cc1ccc(NC(=O)CN2C(=O)C(C)Oc3ccc(-c4nc(C)sc4C)cc32)cc1. The van der Waals surface area contributed by atoms with Crippen molar-refractivity contribution in [3.8, 4) is 17.0 Å². The number of carbonyl (C=O) groups is 2. The van der Waals surface area contributed by atoms with Gasteiger partial charge < -0.3 is 10.1 Å². The van der Waals surface area contributed by atoms with Crippen molar-refractivity contribution in [3.63, 3.8) is 0 Å². The monoisotopic (exact) mass is 421 g/mol. The third-order valence-corrected chi connectivity index (χ3v) is 5.87. The lowest BCUT2D eigenvalue weighted by Gasteiger charge is -2.33. The first-order valence-corrected chi connectivity index (χ1v) is 10.6. The number of rotatable bonds is 4. The van der Waals surface area contributed by atoms with E-state index in [1.807, 2.05) is 63.2 Å². The number of aromatic nitrogens is 1. The Kier molecular flexibility index (Phi) is 5.30. The Morgan fingerprint density at radius 2 is 1.90 bits per heavy atom. The van der Waals surface area contributed by atoms with Crippen molar-refractivity contribution in [2.45, 2.75) is 33.8 Å². The van der Waals surface area contributed by atoms with Crippen molar-refractivity contribution in [1.29, 1.82) is 0 Å². The van der Waals surface area contributed by atoms with Crippen LogP contribution in [0.25, 0.3) is 11.3 Å². The standard InChI is InChI=1S/C23H23N3O3S/c1-13-5-8-18(9-6-13)25-21(27)12-26-19-11-17(22-15(3)30-16(4)24-22)7-10-20(19)29-14(2)23(26)28/h5-11,14H,12H2,1-4H3,(H,25,27). The number of thiazole rings is 1. The highest BCUT2D eigenvalue weighted by atomic mass is 32.1. The normalized spacial score (nSPS) is 15.5. The van der Waals surface area contributed by atoms with E-state index in [9.17, 15) is 9.59 Å². The molecule has 0 aliphatic carbocycles. The molecule has 0 fully saturated rings. The Morgan fingerprint density at radius 1 is 1.17 bits per heavy atom. The van der Waals surface area contributed by atoms with Gasteiger partial charge in [-0.05, 0) is 58.0 Å². The summed E-state index contributed by atoms with van der Waals surface area (Å²) in [4.78, 5) is 32.7. The number of hydrogen-bond acceptors (Lipinski definition) is 5. The lowest BCUT2D eigenvalue weighted by molar-refractivity contribution is -0.127. The number of fused-ring (bicyclic) bond motifs is 1. The van der Waals surface area contributed by atoms with Gasteiger partial charge in [0, 0.05) is 16.1 Å². The van der Waals surface area contributed by atoms with E-state index in [2.05, 4.69) is 10.3 Å². The van der Waals surface area contributed by atoms with Crippen molar-refractivity contribution in [2.24, 2.45) is 0 Å². The first-order valence-electron chi connectivity index (χ1n) is 9.75. The summed E-state index contributed by atoms with van der Waals surface area (Å²) in [5.74, 6) is 0.0711. The molecular weight excluding hydrogens is 398 g/mol. The molecule has 1 aliphatic rings. The summed E-state index contributed by atoms with van der Waals surface area (Å²) in [6.45, 7) is 7.58. The highest BCUT2D eigenvalue weighted by Crippen LogP contribution is 2.38. The molecule has 1 aromatic heterocycles. The van der Waals surface area contributed by atoms with E-state index in [0.29, 0.717) is 17.1 Å². The van der Waals surface area contributed by atoms with Gasteiger partial charge in [0.1, 0.15) is 12.3 Å². The molecule has 3 aromatic rings. The van der Waals surface area contributed by atoms with Gasteiger partial charge in [-0.1, -0.05) is 17.7 Å². The van der Waals surface area contributed by atoms with Crippen molar-refractivity contribution < 1.29 is 14.3 Å². The number of anilines is 2. The molecule has 7 heteroatoms. The zero-order valence-corrected chi connectivity index (χ0v) is 18.2. The summed E-state index contributed by atoms with van der Waals surface area (Å²) in [6, 6.07) is 13.2. The van der Waals surface area contributed by atoms with Crippen LogP contribution >= 0.6 is 11.3 Å². The molecule has 2 aromatic carbocycles. The minimum absolute atomic E-state index is 0.0913. The molecule has 30 heavy (non-hydrogen) atoms. The third kappa shape index (κ3) is 3.93. The zero-order valence-electron chi connectivity index (χ0n) is 17.4. The highest BCUT2D eigenvalue weighted by molar-refractivity contribution is 7.11. The van der Waals surface area contributed by atoms with Crippen LogP contribution in [-0.4, -0.2) is 29.4 Å². The summed E-state index contributed by atoms with van der Waals surface area (Å²) < 4.78 is 5.77. The van der Waals surface area contributed by atoms with Crippen LogP contribution < -0.4 is 15.0 Å². The van der Waals surface area contributed by atoms with Crippen molar-refractivity contribution in [1.82, 2.24) is 4.98 Å².